The van der Waals surface area contributed by atoms with Crippen LogP contribution in [0.1, 0.15) is 12.6 Å². The second-order valence-electron chi connectivity index (χ2n) is 3.02. The van der Waals surface area contributed by atoms with E-state index < -0.39 is 0 Å². The highest BCUT2D eigenvalue weighted by Crippen LogP contribution is 2.11. The van der Waals surface area contributed by atoms with Crippen molar-refractivity contribution in [2.24, 2.45) is 0 Å². The van der Waals surface area contributed by atoms with Crippen molar-refractivity contribution in [3.8, 4) is 5.75 Å². The standard InChI is InChI=1S/C10H15NO3/c1-3-8-10(13)9(12)4-5-11(8)6-7-14-2/h4-5,13H,3,6-7H2,1-2H3. The number of hydrogen-bond acceptors (Lipinski definition) is 3. The molecule has 0 radical (unpaired) electrons. The molecule has 1 aromatic heterocycles. The van der Waals surface area contributed by atoms with Crippen molar-refractivity contribution in [1.29, 1.82) is 0 Å². The zero-order valence-corrected chi connectivity index (χ0v) is 8.49. The molecule has 0 saturated carbocycles. The van der Waals surface area contributed by atoms with Crippen LogP contribution in [0.2, 0.25) is 0 Å². The van der Waals surface area contributed by atoms with Crippen LogP contribution in [0.5, 0.6) is 5.75 Å². The van der Waals surface area contributed by atoms with Gasteiger partial charge < -0.3 is 14.4 Å². The molecule has 14 heavy (non-hydrogen) atoms. The van der Waals surface area contributed by atoms with Crippen molar-refractivity contribution in [1.82, 2.24) is 4.57 Å². The monoisotopic (exact) mass is 197 g/mol. The molecule has 0 saturated heterocycles. The number of methoxy groups -OCH3 is 1. The summed E-state index contributed by atoms with van der Waals surface area (Å²) in [5.41, 5.74) is 0.338. The average Bonchev–Trinajstić information content (AvgIpc) is 2.20. The Morgan fingerprint density at radius 3 is 2.86 bits per heavy atom. The van der Waals surface area contributed by atoms with E-state index in [2.05, 4.69) is 0 Å². The van der Waals surface area contributed by atoms with Gasteiger partial charge in [0, 0.05) is 25.9 Å². The van der Waals surface area contributed by atoms with Crippen LogP contribution in [-0.2, 0) is 17.7 Å². The van der Waals surface area contributed by atoms with Gasteiger partial charge in [0.05, 0.1) is 12.3 Å². The predicted molar refractivity (Wildman–Crippen MR) is 53.6 cm³/mol. The Labute approximate surface area is 82.8 Å². The van der Waals surface area contributed by atoms with Crippen LogP contribution < -0.4 is 5.43 Å². The van der Waals surface area contributed by atoms with Gasteiger partial charge in [-0.1, -0.05) is 6.92 Å². The van der Waals surface area contributed by atoms with E-state index in [4.69, 9.17) is 4.74 Å². The lowest BCUT2D eigenvalue weighted by molar-refractivity contribution is 0.186. The van der Waals surface area contributed by atoms with Gasteiger partial charge in [-0.15, -0.1) is 0 Å². The molecule has 1 aromatic rings. The highest BCUT2D eigenvalue weighted by Gasteiger charge is 2.06. The summed E-state index contributed by atoms with van der Waals surface area (Å²) in [6.07, 6.45) is 2.31. The Morgan fingerprint density at radius 1 is 1.57 bits per heavy atom. The molecule has 0 spiro atoms. The molecule has 1 heterocycles. The molecule has 0 aliphatic heterocycles. The summed E-state index contributed by atoms with van der Waals surface area (Å²) in [6, 6.07) is 1.37. The van der Waals surface area contributed by atoms with Crippen LogP contribution in [0.15, 0.2) is 17.1 Å². The minimum Gasteiger partial charge on any atom is -0.503 e. The van der Waals surface area contributed by atoms with Gasteiger partial charge in [-0.05, 0) is 6.42 Å². The number of aromatic hydroxyl groups is 1. The number of hydrogen-bond donors (Lipinski definition) is 1. The Bertz CT molecular complexity index is 357. The van der Waals surface area contributed by atoms with Gasteiger partial charge in [0.25, 0.3) is 0 Å². The molecule has 78 valence electrons. The van der Waals surface area contributed by atoms with E-state index >= 15 is 0 Å². The number of nitrogens with zero attached hydrogens (tertiary/aromatic N) is 1. The summed E-state index contributed by atoms with van der Waals surface area (Å²) in [5.74, 6) is -0.147. The fraction of sp³-hybridized carbons (Fsp3) is 0.500. The van der Waals surface area contributed by atoms with Crippen LogP contribution in [0, 0.1) is 0 Å². The summed E-state index contributed by atoms with van der Waals surface area (Å²) < 4.78 is 6.77. The van der Waals surface area contributed by atoms with Gasteiger partial charge >= 0.3 is 0 Å². The normalized spacial score (nSPS) is 10.4. The third kappa shape index (κ3) is 2.14. The number of ether oxygens (including phenoxy) is 1. The van der Waals surface area contributed by atoms with Crippen molar-refractivity contribution in [2.75, 3.05) is 13.7 Å². The van der Waals surface area contributed by atoms with Crippen molar-refractivity contribution in [2.45, 2.75) is 19.9 Å². The minimum absolute atomic E-state index is 0.147. The number of aromatic nitrogens is 1. The van der Waals surface area contributed by atoms with E-state index in [1.807, 2.05) is 11.5 Å². The van der Waals surface area contributed by atoms with Crippen molar-refractivity contribution >= 4 is 0 Å². The SMILES string of the molecule is CCc1c(O)c(=O)ccn1CCOC. The zero-order valence-electron chi connectivity index (χ0n) is 8.49. The second-order valence-corrected chi connectivity index (χ2v) is 3.02. The summed E-state index contributed by atoms with van der Waals surface area (Å²) in [7, 11) is 1.62. The van der Waals surface area contributed by atoms with Gasteiger partial charge in [0.2, 0.25) is 5.43 Å². The first-order valence-corrected chi connectivity index (χ1v) is 4.61. The lowest BCUT2D eigenvalue weighted by Crippen LogP contribution is -2.14. The molecule has 0 aliphatic carbocycles. The average molecular weight is 197 g/mol. The lowest BCUT2D eigenvalue weighted by atomic mass is 10.2. The fourth-order valence-corrected chi connectivity index (χ4v) is 1.37. The largest absolute Gasteiger partial charge is 0.503 e. The van der Waals surface area contributed by atoms with Gasteiger partial charge in [0.1, 0.15) is 0 Å². The number of rotatable bonds is 4. The van der Waals surface area contributed by atoms with Gasteiger partial charge in [-0.25, -0.2) is 0 Å². The summed E-state index contributed by atoms with van der Waals surface area (Å²) in [6.45, 7) is 3.11. The van der Waals surface area contributed by atoms with Gasteiger partial charge in [0.15, 0.2) is 5.75 Å². The molecule has 0 aromatic carbocycles. The molecule has 0 fully saturated rings. The first kappa shape index (κ1) is 10.8. The Morgan fingerprint density at radius 2 is 2.29 bits per heavy atom. The van der Waals surface area contributed by atoms with Crippen molar-refractivity contribution < 1.29 is 9.84 Å². The van der Waals surface area contributed by atoms with Crippen LogP contribution in [0.3, 0.4) is 0 Å². The molecular weight excluding hydrogens is 182 g/mol. The fourth-order valence-electron chi connectivity index (χ4n) is 1.37. The number of pyridine rings is 1. The highest BCUT2D eigenvalue weighted by atomic mass is 16.5. The molecule has 1 rings (SSSR count). The van der Waals surface area contributed by atoms with Crippen LogP contribution in [0.4, 0.5) is 0 Å². The second kappa shape index (κ2) is 4.81. The van der Waals surface area contributed by atoms with Crippen LogP contribution >= 0.6 is 0 Å². The van der Waals surface area contributed by atoms with E-state index in [1.54, 1.807) is 13.3 Å². The van der Waals surface area contributed by atoms with E-state index in [0.29, 0.717) is 25.3 Å². The molecule has 0 amide bonds. The van der Waals surface area contributed by atoms with Gasteiger partial charge in [-0.2, -0.15) is 0 Å². The maximum absolute atomic E-state index is 11.1. The smallest absolute Gasteiger partial charge is 0.223 e. The molecule has 0 aliphatic rings. The summed E-state index contributed by atoms with van der Waals surface area (Å²) in [4.78, 5) is 11.1. The quantitative estimate of drug-likeness (QED) is 0.775. The predicted octanol–water partition coefficient (Wildman–Crippen LogP) is 0.763. The summed E-state index contributed by atoms with van der Waals surface area (Å²) >= 11 is 0. The third-order valence-electron chi connectivity index (χ3n) is 2.13. The first-order chi connectivity index (χ1) is 6.70. The van der Waals surface area contributed by atoms with Crippen LogP contribution in [0.25, 0.3) is 0 Å². The third-order valence-corrected chi connectivity index (χ3v) is 2.13. The first-order valence-electron chi connectivity index (χ1n) is 4.61. The van der Waals surface area contributed by atoms with Crippen molar-refractivity contribution in [3.05, 3.63) is 28.2 Å². The highest BCUT2D eigenvalue weighted by molar-refractivity contribution is 5.26. The maximum atomic E-state index is 11.1. The molecule has 4 heteroatoms. The van der Waals surface area contributed by atoms with E-state index in [-0.39, 0.29) is 11.2 Å². The summed E-state index contributed by atoms with van der Waals surface area (Å²) in [5, 5.41) is 9.50. The molecule has 0 atom stereocenters. The zero-order chi connectivity index (χ0) is 10.6. The lowest BCUT2D eigenvalue weighted by Gasteiger charge is -2.12. The molecular formula is C10H15NO3. The maximum Gasteiger partial charge on any atom is 0.223 e. The van der Waals surface area contributed by atoms with Gasteiger partial charge in [-0.3, -0.25) is 4.79 Å². The Kier molecular flexibility index (Phi) is 3.71. The molecule has 0 bridgehead atoms. The van der Waals surface area contributed by atoms with E-state index in [0.717, 1.165) is 0 Å². The molecule has 4 nitrogen and oxygen atoms in total. The molecule has 1 N–H and O–H groups in total. The minimum atomic E-state index is -0.324. The topological polar surface area (TPSA) is 51.5 Å². The molecule has 0 unspecified atom stereocenters. The van der Waals surface area contributed by atoms with Crippen LogP contribution in [-0.4, -0.2) is 23.4 Å². The van der Waals surface area contributed by atoms with E-state index in [9.17, 15) is 9.90 Å². The Balaban J connectivity index is 3.04. The van der Waals surface area contributed by atoms with E-state index in [1.165, 1.54) is 6.07 Å². The van der Waals surface area contributed by atoms with Crippen molar-refractivity contribution in [3.63, 3.8) is 0 Å². The Hall–Kier alpha value is -1.29.